The fraction of sp³-hybridized carbons (Fsp3) is 0.0833. The van der Waals surface area contributed by atoms with Gasteiger partial charge in [-0.3, -0.25) is 14.8 Å². The summed E-state index contributed by atoms with van der Waals surface area (Å²) in [4.78, 5) is 19.6. The van der Waals surface area contributed by atoms with E-state index in [1.807, 2.05) is 0 Å². The van der Waals surface area contributed by atoms with Gasteiger partial charge in [-0.25, -0.2) is 0 Å². The summed E-state index contributed by atoms with van der Waals surface area (Å²) in [5.74, 6) is -0.217. The lowest BCUT2D eigenvalue weighted by Gasteiger charge is -2.04. The molecule has 0 aromatic carbocycles. The second-order valence-corrected chi connectivity index (χ2v) is 3.45. The van der Waals surface area contributed by atoms with Crippen molar-refractivity contribution in [2.45, 2.75) is 0 Å². The van der Waals surface area contributed by atoms with Crippen LogP contribution in [0, 0.1) is 0 Å². The molecule has 3 N–H and O–H groups in total. The molecule has 86 valence electrons. The van der Waals surface area contributed by atoms with Crippen molar-refractivity contribution in [1.29, 1.82) is 0 Å². The molecule has 0 unspecified atom stereocenters. The molecular weight excluding hydrogens is 216 g/mol. The van der Waals surface area contributed by atoms with Crippen LogP contribution in [-0.2, 0) is 0 Å². The summed E-state index contributed by atoms with van der Waals surface area (Å²) < 4.78 is 0. The van der Waals surface area contributed by atoms with Gasteiger partial charge in [0.1, 0.15) is 5.69 Å². The van der Waals surface area contributed by atoms with E-state index in [9.17, 15) is 4.79 Å². The van der Waals surface area contributed by atoms with Gasteiger partial charge in [0.2, 0.25) is 0 Å². The van der Waals surface area contributed by atoms with Gasteiger partial charge in [-0.05, 0) is 24.3 Å². The number of carbonyl (C=O) groups is 1. The van der Waals surface area contributed by atoms with Crippen LogP contribution in [-0.4, -0.2) is 22.9 Å². The summed E-state index contributed by atoms with van der Waals surface area (Å²) in [6, 6.07) is 6.96. The van der Waals surface area contributed by atoms with E-state index >= 15 is 0 Å². The van der Waals surface area contributed by atoms with Crippen LogP contribution in [0.15, 0.2) is 36.7 Å². The molecule has 5 heteroatoms. The van der Waals surface area contributed by atoms with E-state index in [1.54, 1.807) is 43.7 Å². The van der Waals surface area contributed by atoms with Gasteiger partial charge in [-0.15, -0.1) is 0 Å². The first-order valence-electron chi connectivity index (χ1n) is 5.11. The molecule has 0 aliphatic carbocycles. The van der Waals surface area contributed by atoms with Gasteiger partial charge in [0.25, 0.3) is 5.91 Å². The minimum atomic E-state index is -0.217. The summed E-state index contributed by atoms with van der Waals surface area (Å²) >= 11 is 0. The maximum atomic E-state index is 11.3. The number of anilines is 1. The Morgan fingerprint density at radius 1 is 1.29 bits per heavy atom. The highest BCUT2D eigenvalue weighted by atomic mass is 16.1. The van der Waals surface area contributed by atoms with Crippen molar-refractivity contribution in [1.82, 2.24) is 15.3 Å². The van der Waals surface area contributed by atoms with Gasteiger partial charge in [0, 0.05) is 25.0 Å². The van der Waals surface area contributed by atoms with Crippen molar-refractivity contribution >= 4 is 11.6 Å². The molecule has 0 saturated heterocycles. The Morgan fingerprint density at radius 2 is 2.12 bits per heavy atom. The number of nitrogens with zero attached hydrogens (tertiary/aromatic N) is 2. The number of aromatic nitrogens is 2. The van der Waals surface area contributed by atoms with E-state index in [2.05, 4.69) is 15.3 Å². The number of hydrogen-bond acceptors (Lipinski definition) is 4. The Balaban J connectivity index is 2.36. The molecule has 0 saturated carbocycles. The smallest absolute Gasteiger partial charge is 0.269 e. The number of carbonyl (C=O) groups excluding carboxylic acids is 1. The first kappa shape index (κ1) is 11.1. The fourth-order valence-corrected chi connectivity index (χ4v) is 1.46. The Bertz CT molecular complexity index is 536. The molecule has 2 heterocycles. The number of nitrogen functional groups attached to an aromatic ring is 1. The number of rotatable bonds is 2. The molecule has 2 rings (SSSR count). The third-order valence-corrected chi connectivity index (χ3v) is 2.34. The highest BCUT2D eigenvalue weighted by Crippen LogP contribution is 2.21. The van der Waals surface area contributed by atoms with Crippen LogP contribution in [0.25, 0.3) is 11.3 Å². The summed E-state index contributed by atoms with van der Waals surface area (Å²) in [6.45, 7) is 0. The van der Waals surface area contributed by atoms with Crippen molar-refractivity contribution < 1.29 is 4.79 Å². The molecule has 0 bridgehead atoms. The standard InChI is InChI=1S/C12H12N4O/c1-14-12(17)10-5-4-8(7-16-10)11-9(13)3-2-6-15-11/h2-7H,13H2,1H3,(H,14,17). The Labute approximate surface area is 98.7 Å². The van der Waals surface area contributed by atoms with Crippen LogP contribution < -0.4 is 11.1 Å². The highest BCUT2D eigenvalue weighted by Gasteiger charge is 2.07. The second-order valence-electron chi connectivity index (χ2n) is 3.45. The molecule has 5 nitrogen and oxygen atoms in total. The van der Waals surface area contributed by atoms with Crippen LogP contribution in [0.5, 0.6) is 0 Å². The number of pyridine rings is 2. The summed E-state index contributed by atoms with van der Waals surface area (Å²) in [7, 11) is 1.56. The van der Waals surface area contributed by atoms with E-state index in [0.717, 1.165) is 5.56 Å². The predicted octanol–water partition coefficient (Wildman–Crippen LogP) is 1.09. The third kappa shape index (κ3) is 2.23. The summed E-state index contributed by atoms with van der Waals surface area (Å²) in [6.07, 6.45) is 3.25. The molecule has 0 spiro atoms. The highest BCUT2D eigenvalue weighted by molar-refractivity contribution is 5.92. The van der Waals surface area contributed by atoms with Crippen LogP contribution in [0.4, 0.5) is 5.69 Å². The quantitative estimate of drug-likeness (QED) is 0.806. The van der Waals surface area contributed by atoms with E-state index < -0.39 is 0 Å². The van der Waals surface area contributed by atoms with E-state index in [0.29, 0.717) is 17.1 Å². The van der Waals surface area contributed by atoms with Gasteiger partial charge < -0.3 is 11.1 Å². The molecule has 1 amide bonds. The average molecular weight is 228 g/mol. The average Bonchev–Trinajstić information content (AvgIpc) is 2.39. The van der Waals surface area contributed by atoms with E-state index in [4.69, 9.17) is 5.73 Å². The topological polar surface area (TPSA) is 80.9 Å². The summed E-state index contributed by atoms with van der Waals surface area (Å²) in [5, 5.41) is 2.51. The molecule has 0 aliphatic heterocycles. The van der Waals surface area contributed by atoms with Gasteiger partial charge >= 0.3 is 0 Å². The molecule has 0 aliphatic rings. The van der Waals surface area contributed by atoms with Gasteiger partial charge in [-0.2, -0.15) is 0 Å². The number of amides is 1. The Kier molecular flexibility index (Phi) is 3.00. The molecule has 17 heavy (non-hydrogen) atoms. The zero-order valence-electron chi connectivity index (χ0n) is 9.34. The van der Waals surface area contributed by atoms with Crippen molar-refractivity contribution in [2.24, 2.45) is 0 Å². The fourth-order valence-electron chi connectivity index (χ4n) is 1.46. The number of hydrogen-bond donors (Lipinski definition) is 2. The van der Waals surface area contributed by atoms with Gasteiger partial charge in [0.05, 0.1) is 11.4 Å². The first-order valence-corrected chi connectivity index (χ1v) is 5.11. The molecule has 2 aromatic rings. The first-order chi connectivity index (χ1) is 8.22. The van der Waals surface area contributed by atoms with Crippen molar-refractivity contribution in [3.05, 3.63) is 42.4 Å². The Morgan fingerprint density at radius 3 is 2.71 bits per heavy atom. The van der Waals surface area contributed by atoms with E-state index in [1.165, 1.54) is 0 Å². The number of nitrogens with two attached hydrogens (primary N) is 1. The molecule has 0 atom stereocenters. The lowest BCUT2D eigenvalue weighted by atomic mass is 10.1. The zero-order valence-corrected chi connectivity index (χ0v) is 9.34. The predicted molar refractivity (Wildman–Crippen MR) is 65.3 cm³/mol. The maximum absolute atomic E-state index is 11.3. The minimum absolute atomic E-state index is 0.217. The molecule has 0 radical (unpaired) electrons. The summed E-state index contributed by atoms with van der Waals surface area (Å²) in [5.41, 5.74) is 8.22. The van der Waals surface area contributed by atoms with Gasteiger partial charge in [-0.1, -0.05) is 0 Å². The third-order valence-electron chi connectivity index (χ3n) is 2.34. The van der Waals surface area contributed by atoms with E-state index in [-0.39, 0.29) is 5.91 Å². The van der Waals surface area contributed by atoms with Crippen LogP contribution in [0.2, 0.25) is 0 Å². The van der Waals surface area contributed by atoms with Crippen LogP contribution >= 0.6 is 0 Å². The number of nitrogens with one attached hydrogen (secondary N) is 1. The normalized spacial score (nSPS) is 9.94. The SMILES string of the molecule is CNC(=O)c1ccc(-c2ncccc2N)cn1. The second kappa shape index (κ2) is 4.61. The van der Waals surface area contributed by atoms with Crippen molar-refractivity contribution in [3.8, 4) is 11.3 Å². The lowest BCUT2D eigenvalue weighted by Crippen LogP contribution is -2.18. The van der Waals surface area contributed by atoms with Crippen molar-refractivity contribution in [3.63, 3.8) is 0 Å². The van der Waals surface area contributed by atoms with Gasteiger partial charge in [0.15, 0.2) is 0 Å². The zero-order chi connectivity index (χ0) is 12.3. The van der Waals surface area contributed by atoms with Crippen molar-refractivity contribution in [2.75, 3.05) is 12.8 Å². The minimum Gasteiger partial charge on any atom is -0.397 e. The molecular formula is C12H12N4O. The Hall–Kier alpha value is -2.43. The molecule has 0 fully saturated rings. The lowest BCUT2D eigenvalue weighted by molar-refractivity contribution is 0.0958. The maximum Gasteiger partial charge on any atom is 0.269 e. The van der Waals surface area contributed by atoms with Crippen LogP contribution in [0.1, 0.15) is 10.5 Å². The van der Waals surface area contributed by atoms with Crippen LogP contribution in [0.3, 0.4) is 0 Å². The largest absolute Gasteiger partial charge is 0.397 e. The molecule has 2 aromatic heterocycles. The monoisotopic (exact) mass is 228 g/mol.